The number of aromatic amines is 1. The summed E-state index contributed by atoms with van der Waals surface area (Å²) in [7, 11) is 3.61. The Morgan fingerprint density at radius 3 is 2.85 bits per heavy atom. The molecule has 3 N–H and O–H groups in total. The summed E-state index contributed by atoms with van der Waals surface area (Å²) < 4.78 is 13.5. The smallest absolute Gasteiger partial charge is 0.255 e. The van der Waals surface area contributed by atoms with Gasteiger partial charge >= 0.3 is 0 Å². The molecule has 7 nitrogen and oxygen atoms in total. The van der Waals surface area contributed by atoms with E-state index in [2.05, 4.69) is 25.7 Å². The maximum atomic E-state index is 13.5. The Morgan fingerprint density at radius 1 is 1.33 bits per heavy atom. The van der Waals surface area contributed by atoms with Crippen LogP contribution in [0.2, 0.25) is 0 Å². The Bertz CT molecular complexity index is 822. The van der Waals surface area contributed by atoms with Gasteiger partial charge in [0.25, 0.3) is 5.91 Å². The van der Waals surface area contributed by atoms with Crippen LogP contribution in [0, 0.1) is 5.82 Å². The number of benzene rings is 1. The lowest BCUT2D eigenvalue weighted by Gasteiger charge is -2.25. The van der Waals surface area contributed by atoms with E-state index in [0.29, 0.717) is 29.8 Å². The zero-order valence-corrected chi connectivity index (χ0v) is 15.5. The summed E-state index contributed by atoms with van der Waals surface area (Å²) in [6.07, 6.45) is 3.75. The number of carbonyl (C=O) groups is 2. The number of carbonyl (C=O) groups excluding carboxylic acids is 2. The Hall–Kier alpha value is -2.74. The number of hydrogen-bond donors (Lipinski definition) is 3. The van der Waals surface area contributed by atoms with Gasteiger partial charge in [-0.25, -0.2) is 4.39 Å². The highest BCUT2D eigenvalue weighted by Gasteiger charge is 2.31. The second-order valence-electron chi connectivity index (χ2n) is 6.81. The number of halogens is 1. The third-order valence-corrected chi connectivity index (χ3v) is 5.18. The van der Waals surface area contributed by atoms with Crippen LogP contribution in [0.3, 0.4) is 0 Å². The van der Waals surface area contributed by atoms with E-state index < -0.39 is 0 Å². The molecule has 1 fully saturated rings. The van der Waals surface area contributed by atoms with Crippen molar-refractivity contribution >= 4 is 11.8 Å². The summed E-state index contributed by atoms with van der Waals surface area (Å²) in [6, 6.07) is 6.38. The molecule has 0 saturated carbocycles. The van der Waals surface area contributed by atoms with Gasteiger partial charge in [-0.3, -0.25) is 19.6 Å². The SMILES string of the molecule is CNC(=O)C[C@H]1CC[C@@H](CNC(=O)c2cn[nH]c2-c2cccc(F)c2)N1C. The summed E-state index contributed by atoms with van der Waals surface area (Å²) in [5, 5.41) is 12.3. The molecule has 27 heavy (non-hydrogen) atoms. The molecule has 8 heteroatoms. The fourth-order valence-corrected chi connectivity index (χ4v) is 3.53. The lowest BCUT2D eigenvalue weighted by atomic mass is 10.1. The molecule has 2 heterocycles. The van der Waals surface area contributed by atoms with E-state index in [0.717, 1.165) is 12.8 Å². The van der Waals surface area contributed by atoms with Crippen LogP contribution in [0.1, 0.15) is 29.6 Å². The van der Waals surface area contributed by atoms with Crippen LogP contribution in [0.4, 0.5) is 4.39 Å². The zero-order chi connectivity index (χ0) is 19.4. The summed E-state index contributed by atoms with van der Waals surface area (Å²) in [6.45, 7) is 0.480. The van der Waals surface area contributed by atoms with Gasteiger partial charge in [0.15, 0.2) is 0 Å². The van der Waals surface area contributed by atoms with Crippen molar-refractivity contribution in [2.45, 2.75) is 31.3 Å². The number of hydrogen-bond acceptors (Lipinski definition) is 4. The number of amides is 2. The first-order valence-corrected chi connectivity index (χ1v) is 8.99. The Labute approximate surface area is 157 Å². The quantitative estimate of drug-likeness (QED) is 0.717. The molecule has 1 aliphatic heterocycles. The molecule has 144 valence electrons. The predicted octanol–water partition coefficient (Wildman–Crippen LogP) is 1.54. The van der Waals surface area contributed by atoms with Crippen molar-refractivity contribution in [2.75, 3.05) is 20.6 Å². The van der Waals surface area contributed by atoms with Crippen molar-refractivity contribution in [1.29, 1.82) is 0 Å². The van der Waals surface area contributed by atoms with E-state index in [-0.39, 0.29) is 29.7 Å². The van der Waals surface area contributed by atoms with Gasteiger partial charge in [0, 0.05) is 37.7 Å². The van der Waals surface area contributed by atoms with Gasteiger partial charge < -0.3 is 10.6 Å². The Balaban J connectivity index is 1.61. The molecule has 2 aromatic rings. The van der Waals surface area contributed by atoms with E-state index in [1.54, 1.807) is 19.2 Å². The number of nitrogens with one attached hydrogen (secondary N) is 3. The number of likely N-dealkylation sites (tertiary alicyclic amines) is 1. The fourth-order valence-electron chi connectivity index (χ4n) is 3.53. The molecule has 0 bridgehead atoms. The molecule has 1 aromatic carbocycles. The van der Waals surface area contributed by atoms with Crippen LogP contribution in [-0.4, -0.2) is 59.6 Å². The van der Waals surface area contributed by atoms with Gasteiger partial charge in [-0.15, -0.1) is 0 Å². The molecule has 3 rings (SSSR count). The average Bonchev–Trinajstić information content (AvgIpc) is 3.28. The molecular formula is C19H24FN5O2. The highest BCUT2D eigenvalue weighted by atomic mass is 19.1. The van der Waals surface area contributed by atoms with Crippen LogP contribution in [0.25, 0.3) is 11.3 Å². The number of aromatic nitrogens is 2. The molecule has 1 saturated heterocycles. The first kappa shape index (κ1) is 19.0. The number of nitrogens with zero attached hydrogens (tertiary/aromatic N) is 2. The minimum atomic E-state index is -0.372. The summed E-state index contributed by atoms with van der Waals surface area (Å²) >= 11 is 0. The second kappa shape index (κ2) is 8.30. The largest absolute Gasteiger partial charge is 0.359 e. The van der Waals surface area contributed by atoms with Gasteiger partial charge in [0.1, 0.15) is 5.82 Å². The summed E-state index contributed by atoms with van der Waals surface area (Å²) in [5.41, 5.74) is 1.44. The first-order chi connectivity index (χ1) is 13.0. The maximum Gasteiger partial charge on any atom is 0.255 e. The molecule has 1 aliphatic rings. The Morgan fingerprint density at radius 2 is 2.11 bits per heavy atom. The highest BCUT2D eigenvalue weighted by molar-refractivity contribution is 5.99. The Kier molecular flexibility index (Phi) is 5.85. The van der Waals surface area contributed by atoms with Crippen molar-refractivity contribution in [1.82, 2.24) is 25.7 Å². The minimum Gasteiger partial charge on any atom is -0.359 e. The van der Waals surface area contributed by atoms with Gasteiger partial charge in [-0.1, -0.05) is 12.1 Å². The second-order valence-corrected chi connectivity index (χ2v) is 6.81. The molecule has 0 radical (unpaired) electrons. The predicted molar refractivity (Wildman–Crippen MR) is 99.6 cm³/mol. The zero-order valence-electron chi connectivity index (χ0n) is 15.5. The van der Waals surface area contributed by atoms with Crippen molar-refractivity contribution in [3.8, 4) is 11.3 Å². The molecular weight excluding hydrogens is 349 g/mol. The van der Waals surface area contributed by atoms with E-state index in [9.17, 15) is 14.0 Å². The highest BCUT2D eigenvalue weighted by Crippen LogP contribution is 2.25. The molecule has 0 unspecified atom stereocenters. The van der Waals surface area contributed by atoms with Gasteiger partial charge in [-0.05, 0) is 32.0 Å². The van der Waals surface area contributed by atoms with Crippen LogP contribution < -0.4 is 10.6 Å². The number of H-pyrrole nitrogens is 1. The van der Waals surface area contributed by atoms with Crippen LogP contribution in [0.15, 0.2) is 30.5 Å². The van der Waals surface area contributed by atoms with E-state index in [1.165, 1.54) is 18.3 Å². The number of rotatable bonds is 6. The topological polar surface area (TPSA) is 90.1 Å². The van der Waals surface area contributed by atoms with Crippen molar-refractivity contribution in [2.24, 2.45) is 0 Å². The minimum absolute atomic E-state index is 0.0228. The third-order valence-electron chi connectivity index (χ3n) is 5.18. The molecule has 1 aromatic heterocycles. The molecule has 2 atom stereocenters. The van der Waals surface area contributed by atoms with E-state index >= 15 is 0 Å². The van der Waals surface area contributed by atoms with Crippen LogP contribution in [0.5, 0.6) is 0 Å². The van der Waals surface area contributed by atoms with Gasteiger partial charge in [0.05, 0.1) is 17.5 Å². The molecule has 0 spiro atoms. The van der Waals surface area contributed by atoms with E-state index in [4.69, 9.17) is 0 Å². The van der Waals surface area contributed by atoms with Crippen molar-refractivity contribution in [3.63, 3.8) is 0 Å². The van der Waals surface area contributed by atoms with Gasteiger partial charge in [-0.2, -0.15) is 5.10 Å². The standard InChI is InChI=1S/C19H24FN5O2/c1-21-17(26)9-14-6-7-15(25(14)2)10-22-19(27)16-11-23-24-18(16)12-4-3-5-13(20)8-12/h3-5,8,11,14-15H,6-7,9-10H2,1-2H3,(H,21,26)(H,22,27)(H,23,24)/t14-,15+/m1/s1. The summed E-state index contributed by atoms with van der Waals surface area (Å²) in [5.74, 6) is -0.607. The molecule has 2 amide bonds. The first-order valence-electron chi connectivity index (χ1n) is 8.99. The lowest BCUT2D eigenvalue weighted by molar-refractivity contribution is -0.121. The van der Waals surface area contributed by atoms with Gasteiger partial charge in [0.2, 0.25) is 5.91 Å². The van der Waals surface area contributed by atoms with E-state index in [1.807, 2.05) is 7.05 Å². The maximum absolute atomic E-state index is 13.5. The third kappa shape index (κ3) is 4.33. The van der Waals surface area contributed by atoms with Crippen molar-refractivity contribution < 1.29 is 14.0 Å². The van der Waals surface area contributed by atoms with Crippen molar-refractivity contribution in [3.05, 3.63) is 41.8 Å². The van der Waals surface area contributed by atoms with Crippen LogP contribution >= 0.6 is 0 Å². The fraction of sp³-hybridized carbons (Fsp3) is 0.421. The molecule has 0 aliphatic carbocycles. The number of likely N-dealkylation sites (N-methyl/N-ethyl adjacent to an activating group) is 1. The van der Waals surface area contributed by atoms with Crippen LogP contribution in [-0.2, 0) is 4.79 Å². The normalized spacial score (nSPS) is 19.8. The lowest BCUT2D eigenvalue weighted by Crippen LogP contribution is -2.42. The average molecular weight is 373 g/mol. The summed E-state index contributed by atoms with van der Waals surface area (Å²) in [4.78, 5) is 26.4. The monoisotopic (exact) mass is 373 g/mol.